The molecule has 5 nitrogen and oxygen atoms in total. The summed E-state index contributed by atoms with van der Waals surface area (Å²) in [5.74, 6) is 0. The standard InChI is InChI=1S/C14H21N3O2/c1-10(2)15-9-16-6-4-5-12-7-11(3)13(17(18)19)8-14(12)16/h7-8,10,15H,4-6,9H2,1-3H3. The molecule has 0 amide bonds. The van der Waals surface area contributed by atoms with Crippen molar-refractivity contribution >= 4 is 11.4 Å². The Morgan fingerprint density at radius 2 is 2.21 bits per heavy atom. The smallest absolute Gasteiger partial charge is 0.274 e. The van der Waals surface area contributed by atoms with Crippen molar-refractivity contribution in [1.29, 1.82) is 0 Å². The molecule has 5 heteroatoms. The summed E-state index contributed by atoms with van der Waals surface area (Å²) in [4.78, 5) is 13.0. The quantitative estimate of drug-likeness (QED) is 0.670. The highest BCUT2D eigenvalue weighted by atomic mass is 16.6. The van der Waals surface area contributed by atoms with Gasteiger partial charge in [-0.2, -0.15) is 0 Å². The van der Waals surface area contributed by atoms with E-state index in [0.717, 1.165) is 37.3 Å². The van der Waals surface area contributed by atoms with Gasteiger partial charge in [0.25, 0.3) is 5.69 Å². The molecule has 1 aliphatic rings. The van der Waals surface area contributed by atoms with Crippen molar-refractivity contribution < 1.29 is 4.92 Å². The number of aryl methyl sites for hydroxylation is 2. The number of fused-ring (bicyclic) bond motifs is 1. The van der Waals surface area contributed by atoms with Crippen LogP contribution in [0.1, 0.15) is 31.4 Å². The van der Waals surface area contributed by atoms with E-state index in [1.165, 1.54) is 5.56 Å². The van der Waals surface area contributed by atoms with Crippen LogP contribution in [0.25, 0.3) is 0 Å². The Balaban J connectivity index is 2.31. The SMILES string of the molecule is Cc1cc2c(cc1[N+](=O)[O-])N(CNC(C)C)CCC2. The predicted octanol–water partition coefficient (Wildman–Crippen LogP) is 2.61. The van der Waals surface area contributed by atoms with Crippen molar-refractivity contribution in [2.45, 2.75) is 39.7 Å². The van der Waals surface area contributed by atoms with Crippen LogP contribution in [0.5, 0.6) is 0 Å². The molecule has 1 aliphatic heterocycles. The first kappa shape index (κ1) is 13.8. The Hall–Kier alpha value is -1.62. The Kier molecular flexibility index (Phi) is 4.04. The number of anilines is 1. The Labute approximate surface area is 113 Å². The van der Waals surface area contributed by atoms with Gasteiger partial charge in [-0.25, -0.2) is 0 Å². The molecule has 0 spiro atoms. The van der Waals surface area contributed by atoms with E-state index in [1.807, 2.05) is 13.0 Å². The minimum Gasteiger partial charge on any atom is -0.358 e. The lowest BCUT2D eigenvalue weighted by molar-refractivity contribution is -0.385. The fraction of sp³-hybridized carbons (Fsp3) is 0.571. The molecule has 104 valence electrons. The first-order valence-electron chi connectivity index (χ1n) is 6.75. The van der Waals surface area contributed by atoms with Crippen LogP contribution in [0.3, 0.4) is 0 Å². The summed E-state index contributed by atoms with van der Waals surface area (Å²) in [6.07, 6.45) is 2.11. The largest absolute Gasteiger partial charge is 0.358 e. The number of benzene rings is 1. The van der Waals surface area contributed by atoms with Crippen molar-refractivity contribution in [2.24, 2.45) is 0 Å². The second-order valence-corrected chi connectivity index (χ2v) is 5.41. The molecular weight excluding hydrogens is 242 g/mol. The number of hydrogen-bond acceptors (Lipinski definition) is 4. The van der Waals surface area contributed by atoms with Crippen LogP contribution in [0, 0.1) is 17.0 Å². The van der Waals surface area contributed by atoms with Gasteiger partial charge < -0.3 is 4.90 Å². The van der Waals surface area contributed by atoms with Gasteiger partial charge in [0, 0.05) is 29.9 Å². The van der Waals surface area contributed by atoms with Gasteiger partial charge in [0.15, 0.2) is 0 Å². The fourth-order valence-corrected chi connectivity index (χ4v) is 2.47. The molecule has 0 saturated carbocycles. The lowest BCUT2D eigenvalue weighted by atomic mass is 9.98. The third kappa shape index (κ3) is 3.04. The maximum Gasteiger partial charge on any atom is 0.274 e. The molecule has 1 N–H and O–H groups in total. The van der Waals surface area contributed by atoms with E-state index in [2.05, 4.69) is 24.1 Å². The zero-order valence-corrected chi connectivity index (χ0v) is 11.8. The Morgan fingerprint density at radius 3 is 2.84 bits per heavy atom. The average Bonchev–Trinajstić information content (AvgIpc) is 2.34. The molecule has 2 rings (SSSR count). The van der Waals surface area contributed by atoms with E-state index in [1.54, 1.807) is 6.07 Å². The van der Waals surface area contributed by atoms with Crippen LogP contribution in [0.2, 0.25) is 0 Å². The van der Waals surface area contributed by atoms with Crippen molar-refractivity contribution in [3.05, 3.63) is 33.4 Å². The highest BCUT2D eigenvalue weighted by molar-refractivity contribution is 5.63. The van der Waals surface area contributed by atoms with Crippen LogP contribution < -0.4 is 10.2 Å². The molecule has 1 aromatic carbocycles. The van der Waals surface area contributed by atoms with Crippen molar-refractivity contribution in [1.82, 2.24) is 5.32 Å². The highest BCUT2D eigenvalue weighted by Crippen LogP contribution is 2.33. The fourth-order valence-electron chi connectivity index (χ4n) is 2.47. The average molecular weight is 263 g/mol. The number of hydrogen-bond donors (Lipinski definition) is 1. The van der Waals surface area contributed by atoms with Crippen LogP contribution in [-0.2, 0) is 6.42 Å². The highest BCUT2D eigenvalue weighted by Gasteiger charge is 2.22. The molecule has 1 aromatic rings. The number of nitrogens with zero attached hydrogens (tertiary/aromatic N) is 2. The number of nitrogens with one attached hydrogen (secondary N) is 1. The topological polar surface area (TPSA) is 58.4 Å². The van der Waals surface area contributed by atoms with E-state index in [9.17, 15) is 10.1 Å². The van der Waals surface area contributed by atoms with Gasteiger partial charge in [-0.3, -0.25) is 15.4 Å². The zero-order chi connectivity index (χ0) is 14.0. The molecule has 0 aromatic heterocycles. The van der Waals surface area contributed by atoms with E-state index in [0.29, 0.717) is 6.04 Å². The first-order chi connectivity index (χ1) is 8.99. The Bertz CT molecular complexity index is 486. The summed E-state index contributed by atoms with van der Waals surface area (Å²) >= 11 is 0. The van der Waals surface area contributed by atoms with E-state index < -0.39 is 0 Å². The van der Waals surface area contributed by atoms with Crippen LogP contribution in [0.4, 0.5) is 11.4 Å². The van der Waals surface area contributed by atoms with Crippen LogP contribution in [-0.4, -0.2) is 24.2 Å². The summed E-state index contributed by atoms with van der Waals surface area (Å²) in [6, 6.07) is 4.10. The van der Waals surface area contributed by atoms with Gasteiger partial charge >= 0.3 is 0 Å². The van der Waals surface area contributed by atoms with E-state index in [-0.39, 0.29) is 10.6 Å². The van der Waals surface area contributed by atoms with Crippen LogP contribution >= 0.6 is 0 Å². The maximum atomic E-state index is 11.1. The second kappa shape index (κ2) is 5.57. The summed E-state index contributed by atoms with van der Waals surface area (Å²) in [5, 5.41) is 14.4. The van der Waals surface area contributed by atoms with Crippen molar-refractivity contribution in [3.8, 4) is 0 Å². The van der Waals surface area contributed by atoms with E-state index >= 15 is 0 Å². The number of nitro groups is 1. The molecule has 0 fully saturated rings. The molecule has 19 heavy (non-hydrogen) atoms. The minimum absolute atomic E-state index is 0.218. The van der Waals surface area contributed by atoms with Crippen LogP contribution in [0.15, 0.2) is 12.1 Å². The number of nitro benzene ring substituents is 1. The molecule has 0 atom stereocenters. The summed E-state index contributed by atoms with van der Waals surface area (Å²) in [5.41, 5.74) is 3.20. The molecule has 0 bridgehead atoms. The number of rotatable bonds is 4. The summed E-state index contributed by atoms with van der Waals surface area (Å²) in [6.45, 7) is 7.70. The van der Waals surface area contributed by atoms with Crippen molar-refractivity contribution in [3.63, 3.8) is 0 Å². The predicted molar refractivity (Wildman–Crippen MR) is 76.6 cm³/mol. The molecule has 0 radical (unpaired) electrons. The van der Waals surface area contributed by atoms with Crippen molar-refractivity contribution in [2.75, 3.05) is 18.1 Å². The Morgan fingerprint density at radius 1 is 1.47 bits per heavy atom. The van der Waals surface area contributed by atoms with E-state index in [4.69, 9.17) is 0 Å². The molecule has 1 heterocycles. The monoisotopic (exact) mass is 263 g/mol. The van der Waals surface area contributed by atoms with Gasteiger partial charge in [0.1, 0.15) is 0 Å². The lowest BCUT2D eigenvalue weighted by Gasteiger charge is -2.32. The normalized spacial score (nSPS) is 14.6. The molecule has 0 unspecified atom stereocenters. The minimum atomic E-state index is -0.293. The summed E-state index contributed by atoms with van der Waals surface area (Å²) in [7, 11) is 0. The van der Waals surface area contributed by atoms with Gasteiger partial charge in [0.2, 0.25) is 0 Å². The van der Waals surface area contributed by atoms with Gasteiger partial charge in [0.05, 0.1) is 11.6 Å². The molecular formula is C14H21N3O2. The van der Waals surface area contributed by atoms with Gasteiger partial charge in [-0.05, 0) is 45.2 Å². The molecule has 0 aliphatic carbocycles. The zero-order valence-electron chi connectivity index (χ0n) is 11.8. The van der Waals surface area contributed by atoms with Gasteiger partial charge in [-0.15, -0.1) is 0 Å². The summed E-state index contributed by atoms with van der Waals surface area (Å²) < 4.78 is 0. The van der Waals surface area contributed by atoms with Gasteiger partial charge in [-0.1, -0.05) is 0 Å². The maximum absolute atomic E-state index is 11.1. The third-order valence-corrected chi connectivity index (χ3v) is 3.50. The lowest BCUT2D eigenvalue weighted by Crippen LogP contribution is -2.40. The molecule has 0 saturated heterocycles. The first-order valence-corrected chi connectivity index (χ1v) is 6.75. The second-order valence-electron chi connectivity index (χ2n) is 5.41. The third-order valence-electron chi connectivity index (χ3n) is 3.50.